The number of aliphatic hydroxyl groups is 1. The largest absolute Gasteiger partial charge is 0.479 e. The maximum atomic E-state index is 11.6. The lowest BCUT2D eigenvalue weighted by Gasteiger charge is -2.17. The minimum absolute atomic E-state index is 0.349. The van der Waals surface area contributed by atoms with Crippen LogP contribution < -0.4 is 5.32 Å². The van der Waals surface area contributed by atoms with Crippen molar-refractivity contribution in [1.29, 1.82) is 0 Å². The average molecular weight is 291 g/mol. The molecule has 1 amide bonds. The van der Waals surface area contributed by atoms with E-state index in [9.17, 15) is 14.7 Å². The SMILES string of the molecule is CC(C)c1ccc(C=CC(=O)NCC(C)(O)C(=O)O)cc1. The quantitative estimate of drug-likeness (QED) is 0.697. The Balaban J connectivity index is 2.56. The number of hydrogen-bond acceptors (Lipinski definition) is 3. The molecule has 1 unspecified atom stereocenters. The van der Waals surface area contributed by atoms with Gasteiger partial charge in [0.05, 0.1) is 6.54 Å². The second-order valence-electron chi connectivity index (χ2n) is 5.45. The Morgan fingerprint density at radius 2 is 1.86 bits per heavy atom. The number of rotatable bonds is 6. The molecule has 0 radical (unpaired) electrons. The van der Waals surface area contributed by atoms with Gasteiger partial charge in [-0.2, -0.15) is 0 Å². The van der Waals surface area contributed by atoms with Gasteiger partial charge < -0.3 is 15.5 Å². The molecule has 5 heteroatoms. The third-order valence-corrected chi connectivity index (χ3v) is 3.10. The zero-order chi connectivity index (χ0) is 16.0. The molecule has 5 nitrogen and oxygen atoms in total. The first-order chi connectivity index (χ1) is 9.72. The highest BCUT2D eigenvalue weighted by atomic mass is 16.4. The number of hydrogen-bond donors (Lipinski definition) is 3. The van der Waals surface area contributed by atoms with Crippen LogP contribution in [0.5, 0.6) is 0 Å². The third kappa shape index (κ3) is 5.39. The smallest absolute Gasteiger partial charge is 0.337 e. The highest BCUT2D eigenvalue weighted by molar-refractivity contribution is 5.92. The fourth-order valence-electron chi connectivity index (χ4n) is 1.56. The van der Waals surface area contributed by atoms with Crippen molar-refractivity contribution >= 4 is 18.0 Å². The predicted molar refractivity (Wildman–Crippen MR) is 80.8 cm³/mol. The standard InChI is InChI=1S/C16H21NO4/c1-11(2)13-7-4-12(5-8-13)6-9-14(18)17-10-16(3,21)15(19)20/h4-9,11,21H,10H2,1-3H3,(H,17,18)(H,19,20). The number of carboxylic acid groups (broad SMARTS) is 1. The topological polar surface area (TPSA) is 86.6 Å². The number of carbonyl (C=O) groups is 2. The minimum Gasteiger partial charge on any atom is -0.479 e. The molecule has 0 bridgehead atoms. The van der Waals surface area contributed by atoms with Crippen LogP contribution in [0.25, 0.3) is 6.08 Å². The van der Waals surface area contributed by atoms with Crippen LogP contribution in [0.4, 0.5) is 0 Å². The monoisotopic (exact) mass is 291 g/mol. The normalized spacial score (nSPS) is 14.1. The van der Waals surface area contributed by atoms with Gasteiger partial charge in [0.25, 0.3) is 0 Å². The molecule has 0 aromatic heterocycles. The molecular weight excluding hydrogens is 270 g/mol. The van der Waals surface area contributed by atoms with E-state index < -0.39 is 17.5 Å². The minimum atomic E-state index is -1.97. The predicted octanol–water partition coefficient (Wildman–Crippen LogP) is 1.78. The zero-order valence-electron chi connectivity index (χ0n) is 12.5. The van der Waals surface area contributed by atoms with Gasteiger partial charge in [-0.3, -0.25) is 4.79 Å². The summed E-state index contributed by atoms with van der Waals surface area (Å²) in [6.07, 6.45) is 2.94. The van der Waals surface area contributed by atoms with Crippen molar-refractivity contribution in [1.82, 2.24) is 5.32 Å². The second-order valence-corrected chi connectivity index (χ2v) is 5.45. The van der Waals surface area contributed by atoms with E-state index in [0.29, 0.717) is 5.92 Å². The van der Waals surface area contributed by atoms with Crippen LogP contribution >= 0.6 is 0 Å². The molecular formula is C16H21NO4. The Labute approximate surface area is 124 Å². The molecule has 3 N–H and O–H groups in total. The van der Waals surface area contributed by atoms with E-state index in [1.165, 1.54) is 11.6 Å². The van der Waals surface area contributed by atoms with E-state index in [1.807, 2.05) is 24.3 Å². The summed E-state index contributed by atoms with van der Waals surface area (Å²) in [4.78, 5) is 22.2. The lowest BCUT2D eigenvalue weighted by atomic mass is 10.0. The average Bonchev–Trinajstić information content (AvgIpc) is 2.43. The Bertz CT molecular complexity index is 530. The summed E-state index contributed by atoms with van der Waals surface area (Å²) in [5.41, 5.74) is 0.122. The van der Waals surface area contributed by atoms with E-state index in [1.54, 1.807) is 6.08 Å². The van der Waals surface area contributed by atoms with Crippen LogP contribution in [0.3, 0.4) is 0 Å². The van der Waals surface area contributed by atoms with Crippen molar-refractivity contribution in [2.24, 2.45) is 0 Å². The highest BCUT2D eigenvalue weighted by Crippen LogP contribution is 2.15. The van der Waals surface area contributed by atoms with Crippen LogP contribution in [-0.4, -0.2) is 34.2 Å². The van der Waals surface area contributed by atoms with Gasteiger partial charge in [-0.05, 0) is 30.0 Å². The van der Waals surface area contributed by atoms with Gasteiger partial charge in [0.1, 0.15) is 0 Å². The van der Waals surface area contributed by atoms with E-state index >= 15 is 0 Å². The number of aliphatic carboxylic acids is 1. The van der Waals surface area contributed by atoms with Crippen molar-refractivity contribution in [3.05, 3.63) is 41.5 Å². The maximum absolute atomic E-state index is 11.6. The molecule has 0 aliphatic carbocycles. The summed E-state index contributed by atoms with van der Waals surface area (Å²) in [5, 5.41) is 20.5. The molecule has 0 heterocycles. The number of nitrogens with one attached hydrogen (secondary N) is 1. The van der Waals surface area contributed by atoms with Gasteiger partial charge in [-0.25, -0.2) is 4.79 Å². The van der Waals surface area contributed by atoms with Gasteiger partial charge in [0.15, 0.2) is 5.60 Å². The zero-order valence-corrected chi connectivity index (χ0v) is 12.5. The summed E-state index contributed by atoms with van der Waals surface area (Å²) >= 11 is 0. The molecule has 0 saturated heterocycles. The molecule has 0 saturated carbocycles. The fourth-order valence-corrected chi connectivity index (χ4v) is 1.56. The van der Waals surface area contributed by atoms with Crippen LogP contribution in [0, 0.1) is 0 Å². The van der Waals surface area contributed by atoms with Crippen molar-refractivity contribution in [3.63, 3.8) is 0 Å². The summed E-state index contributed by atoms with van der Waals surface area (Å²) in [6, 6.07) is 7.81. The summed E-state index contributed by atoms with van der Waals surface area (Å²) in [6.45, 7) is 4.99. The summed E-state index contributed by atoms with van der Waals surface area (Å²) < 4.78 is 0. The number of carbonyl (C=O) groups excluding carboxylic acids is 1. The number of amides is 1. The van der Waals surface area contributed by atoms with E-state index in [-0.39, 0.29) is 6.54 Å². The van der Waals surface area contributed by atoms with Crippen molar-refractivity contribution in [3.8, 4) is 0 Å². The molecule has 1 rings (SSSR count). The number of benzene rings is 1. The first-order valence-corrected chi connectivity index (χ1v) is 6.74. The lowest BCUT2D eigenvalue weighted by Crippen LogP contribution is -2.46. The Kier molecular flexibility index (Phi) is 5.67. The second kappa shape index (κ2) is 7.04. The van der Waals surface area contributed by atoms with E-state index in [4.69, 9.17) is 5.11 Å². The van der Waals surface area contributed by atoms with E-state index in [0.717, 1.165) is 12.5 Å². The van der Waals surface area contributed by atoms with Crippen molar-refractivity contribution in [2.45, 2.75) is 32.3 Å². The maximum Gasteiger partial charge on any atom is 0.337 e. The van der Waals surface area contributed by atoms with Crippen LogP contribution in [-0.2, 0) is 9.59 Å². The summed E-state index contributed by atoms with van der Waals surface area (Å²) in [7, 11) is 0. The van der Waals surface area contributed by atoms with Gasteiger partial charge in [0.2, 0.25) is 5.91 Å². The first kappa shape index (κ1) is 16.9. The molecule has 1 aromatic carbocycles. The van der Waals surface area contributed by atoms with Gasteiger partial charge in [-0.1, -0.05) is 38.1 Å². The highest BCUT2D eigenvalue weighted by Gasteiger charge is 2.29. The van der Waals surface area contributed by atoms with Crippen LogP contribution in [0.15, 0.2) is 30.3 Å². The molecule has 0 spiro atoms. The first-order valence-electron chi connectivity index (χ1n) is 6.74. The molecule has 114 valence electrons. The molecule has 1 atom stereocenters. The Morgan fingerprint density at radius 1 is 1.29 bits per heavy atom. The van der Waals surface area contributed by atoms with Crippen LogP contribution in [0.2, 0.25) is 0 Å². The molecule has 0 aliphatic rings. The summed E-state index contributed by atoms with van der Waals surface area (Å²) in [5.74, 6) is -1.38. The Hall–Kier alpha value is -2.14. The van der Waals surface area contributed by atoms with Crippen LogP contribution in [0.1, 0.15) is 37.8 Å². The molecule has 1 aromatic rings. The van der Waals surface area contributed by atoms with Gasteiger partial charge in [0, 0.05) is 6.08 Å². The van der Waals surface area contributed by atoms with Crippen molar-refractivity contribution in [2.75, 3.05) is 6.54 Å². The van der Waals surface area contributed by atoms with Gasteiger partial charge in [-0.15, -0.1) is 0 Å². The molecule has 21 heavy (non-hydrogen) atoms. The number of carboxylic acids is 1. The molecule has 0 fully saturated rings. The molecule has 0 aliphatic heterocycles. The van der Waals surface area contributed by atoms with Crippen molar-refractivity contribution < 1.29 is 19.8 Å². The Morgan fingerprint density at radius 3 is 2.33 bits per heavy atom. The third-order valence-electron chi connectivity index (χ3n) is 3.10. The van der Waals surface area contributed by atoms with Gasteiger partial charge >= 0.3 is 5.97 Å². The fraction of sp³-hybridized carbons (Fsp3) is 0.375. The lowest BCUT2D eigenvalue weighted by molar-refractivity contribution is -0.156. The van der Waals surface area contributed by atoms with E-state index in [2.05, 4.69) is 19.2 Å².